The molecule has 0 aromatic heterocycles. The Morgan fingerprint density at radius 2 is 1.79 bits per heavy atom. The van der Waals surface area contributed by atoms with Gasteiger partial charge in [-0.25, -0.2) is 4.79 Å². The van der Waals surface area contributed by atoms with Crippen LogP contribution in [0.5, 0.6) is 5.75 Å². The zero-order chi connectivity index (χ0) is 14.0. The maximum Gasteiger partial charge on any atom is 0.336 e. The van der Waals surface area contributed by atoms with Crippen LogP contribution in [0.2, 0.25) is 0 Å². The molecule has 98 valence electrons. The second-order valence-corrected chi connectivity index (χ2v) is 5.35. The number of hydrogen-bond acceptors (Lipinski definition) is 3. The average molecular weight is 274 g/mol. The summed E-state index contributed by atoms with van der Waals surface area (Å²) < 4.78 is 0. The van der Waals surface area contributed by atoms with Crippen molar-refractivity contribution >= 4 is 17.7 Å². The van der Waals surface area contributed by atoms with Crippen LogP contribution in [0.1, 0.15) is 21.5 Å². The minimum absolute atomic E-state index is 0.0475. The molecular formula is C15H14O3S. The number of carboxylic acids is 1. The lowest BCUT2D eigenvalue weighted by Gasteiger charge is -2.12. The zero-order valence-corrected chi connectivity index (χ0v) is 11.5. The van der Waals surface area contributed by atoms with Gasteiger partial charge < -0.3 is 10.2 Å². The van der Waals surface area contributed by atoms with Gasteiger partial charge in [0.2, 0.25) is 0 Å². The number of aryl methyl sites for hydroxylation is 1. The lowest BCUT2D eigenvalue weighted by atomic mass is 10.0. The third-order valence-electron chi connectivity index (χ3n) is 2.89. The molecule has 4 heteroatoms. The summed E-state index contributed by atoms with van der Waals surface area (Å²) in [7, 11) is 0. The fourth-order valence-corrected chi connectivity index (χ4v) is 2.83. The van der Waals surface area contributed by atoms with Gasteiger partial charge in [-0.3, -0.25) is 0 Å². The summed E-state index contributed by atoms with van der Waals surface area (Å²) in [5, 5.41) is 19.3. The summed E-state index contributed by atoms with van der Waals surface area (Å²) in [4.78, 5) is 12.8. The van der Waals surface area contributed by atoms with Crippen LogP contribution in [-0.2, 0) is 0 Å². The van der Waals surface area contributed by atoms with Crippen molar-refractivity contribution in [3.8, 4) is 5.75 Å². The highest BCUT2D eigenvalue weighted by atomic mass is 32.2. The number of hydrogen-bond donors (Lipinski definition) is 2. The van der Waals surface area contributed by atoms with Crippen LogP contribution in [0.4, 0.5) is 0 Å². The monoisotopic (exact) mass is 274 g/mol. The number of phenols is 1. The van der Waals surface area contributed by atoms with Crippen molar-refractivity contribution in [2.75, 3.05) is 0 Å². The molecule has 0 heterocycles. The summed E-state index contributed by atoms with van der Waals surface area (Å²) in [6.45, 7) is 3.42. The second kappa shape index (κ2) is 5.36. The van der Waals surface area contributed by atoms with Gasteiger partial charge in [-0.05, 0) is 37.6 Å². The van der Waals surface area contributed by atoms with E-state index in [4.69, 9.17) is 5.11 Å². The molecule has 0 radical (unpaired) electrons. The van der Waals surface area contributed by atoms with Crippen LogP contribution in [0.25, 0.3) is 0 Å². The molecular weight excluding hydrogens is 260 g/mol. The Morgan fingerprint density at radius 3 is 2.37 bits per heavy atom. The van der Waals surface area contributed by atoms with E-state index in [-0.39, 0.29) is 11.3 Å². The standard InChI is InChI=1S/C15H14O3S/c1-9-8-12(15(17)18)10(2)13(16)14(9)19-11-6-4-3-5-7-11/h3-8,16H,1-2H3,(H,17,18). The van der Waals surface area contributed by atoms with E-state index < -0.39 is 5.97 Å². The van der Waals surface area contributed by atoms with Crippen LogP contribution in [0.3, 0.4) is 0 Å². The fourth-order valence-electron chi connectivity index (χ4n) is 1.83. The molecule has 0 aliphatic heterocycles. The highest BCUT2D eigenvalue weighted by Gasteiger charge is 2.17. The van der Waals surface area contributed by atoms with Gasteiger partial charge in [-0.1, -0.05) is 30.0 Å². The van der Waals surface area contributed by atoms with E-state index in [1.807, 2.05) is 30.3 Å². The van der Waals surface area contributed by atoms with E-state index >= 15 is 0 Å². The molecule has 0 spiro atoms. The molecule has 2 aromatic carbocycles. The predicted molar refractivity (Wildman–Crippen MR) is 75.1 cm³/mol. The van der Waals surface area contributed by atoms with Gasteiger partial charge in [-0.2, -0.15) is 0 Å². The number of aromatic hydroxyl groups is 1. The third-order valence-corrected chi connectivity index (χ3v) is 4.11. The van der Waals surface area contributed by atoms with Gasteiger partial charge in [0, 0.05) is 10.5 Å². The molecule has 0 amide bonds. The zero-order valence-electron chi connectivity index (χ0n) is 10.7. The maximum absolute atomic E-state index is 11.1. The number of aromatic carboxylic acids is 1. The molecule has 0 aliphatic rings. The molecule has 2 rings (SSSR count). The SMILES string of the molecule is Cc1cc(C(=O)O)c(C)c(O)c1Sc1ccccc1. The van der Waals surface area contributed by atoms with E-state index in [1.165, 1.54) is 11.8 Å². The van der Waals surface area contributed by atoms with Gasteiger partial charge in [0.05, 0.1) is 10.5 Å². The van der Waals surface area contributed by atoms with Crippen molar-refractivity contribution in [2.45, 2.75) is 23.6 Å². The number of rotatable bonds is 3. The molecule has 0 saturated heterocycles. The van der Waals surface area contributed by atoms with Crippen molar-refractivity contribution in [3.05, 3.63) is 53.1 Å². The van der Waals surface area contributed by atoms with E-state index in [2.05, 4.69) is 0 Å². The molecule has 0 saturated carbocycles. The first-order valence-corrected chi connectivity index (χ1v) is 6.61. The Bertz CT molecular complexity index is 621. The van der Waals surface area contributed by atoms with Crippen molar-refractivity contribution in [3.63, 3.8) is 0 Å². The summed E-state index contributed by atoms with van der Waals surface area (Å²) in [5.74, 6) is -0.974. The number of carboxylic acid groups (broad SMARTS) is 1. The van der Waals surface area contributed by atoms with Crippen LogP contribution < -0.4 is 0 Å². The first-order valence-electron chi connectivity index (χ1n) is 5.80. The summed E-state index contributed by atoms with van der Waals surface area (Å²) in [5.41, 5.74) is 1.30. The van der Waals surface area contributed by atoms with Crippen LogP contribution in [0, 0.1) is 13.8 Å². The summed E-state index contributed by atoms with van der Waals surface area (Å²) in [6, 6.07) is 11.3. The second-order valence-electron chi connectivity index (χ2n) is 4.26. The minimum atomic E-state index is -1.02. The van der Waals surface area contributed by atoms with Crippen molar-refractivity contribution in [1.29, 1.82) is 0 Å². The van der Waals surface area contributed by atoms with E-state index in [1.54, 1.807) is 19.9 Å². The fraction of sp³-hybridized carbons (Fsp3) is 0.133. The molecule has 0 bridgehead atoms. The summed E-state index contributed by atoms with van der Waals surface area (Å²) in [6.07, 6.45) is 0. The lowest BCUT2D eigenvalue weighted by molar-refractivity contribution is 0.0695. The van der Waals surface area contributed by atoms with Crippen molar-refractivity contribution < 1.29 is 15.0 Å². The molecule has 0 unspecified atom stereocenters. The number of phenolic OH excluding ortho intramolecular Hbond substituents is 1. The largest absolute Gasteiger partial charge is 0.506 e. The van der Waals surface area contributed by atoms with Gasteiger partial charge in [0.1, 0.15) is 5.75 Å². The highest BCUT2D eigenvalue weighted by Crippen LogP contribution is 2.40. The van der Waals surface area contributed by atoms with E-state index in [0.29, 0.717) is 10.5 Å². The average Bonchev–Trinajstić information content (AvgIpc) is 2.40. The Labute approximate surface area is 115 Å². The topological polar surface area (TPSA) is 57.5 Å². The highest BCUT2D eigenvalue weighted by molar-refractivity contribution is 7.99. The third kappa shape index (κ3) is 2.74. The Morgan fingerprint density at radius 1 is 1.16 bits per heavy atom. The van der Waals surface area contributed by atoms with Crippen molar-refractivity contribution in [2.24, 2.45) is 0 Å². The Balaban J connectivity index is 2.48. The van der Waals surface area contributed by atoms with Gasteiger partial charge in [0.15, 0.2) is 0 Å². The first kappa shape index (κ1) is 13.5. The van der Waals surface area contributed by atoms with Gasteiger partial charge >= 0.3 is 5.97 Å². The van der Waals surface area contributed by atoms with E-state index in [9.17, 15) is 9.90 Å². The minimum Gasteiger partial charge on any atom is -0.506 e. The normalized spacial score (nSPS) is 10.4. The molecule has 0 atom stereocenters. The maximum atomic E-state index is 11.1. The molecule has 3 nitrogen and oxygen atoms in total. The van der Waals surface area contributed by atoms with Gasteiger partial charge in [-0.15, -0.1) is 0 Å². The molecule has 0 aliphatic carbocycles. The number of benzene rings is 2. The quantitative estimate of drug-likeness (QED) is 0.892. The number of carbonyl (C=O) groups is 1. The predicted octanol–water partition coefficient (Wildman–Crippen LogP) is 3.86. The molecule has 2 aromatic rings. The van der Waals surface area contributed by atoms with Crippen LogP contribution in [-0.4, -0.2) is 16.2 Å². The van der Waals surface area contributed by atoms with E-state index in [0.717, 1.165) is 10.5 Å². The molecule has 0 fully saturated rings. The first-order chi connectivity index (χ1) is 9.00. The molecule has 19 heavy (non-hydrogen) atoms. The smallest absolute Gasteiger partial charge is 0.336 e. The summed E-state index contributed by atoms with van der Waals surface area (Å²) >= 11 is 1.43. The molecule has 2 N–H and O–H groups in total. The Hall–Kier alpha value is -1.94. The van der Waals surface area contributed by atoms with Crippen LogP contribution in [0.15, 0.2) is 46.2 Å². The van der Waals surface area contributed by atoms with Crippen LogP contribution >= 0.6 is 11.8 Å². The Kier molecular flexibility index (Phi) is 3.81. The van der Waals surface area contributed by atoms with Crippen molar-refractivity contribution in [1.82, 2.24) is 0 Å². The lowest BCUT2D eigenvalue weighted by Crippen LogP contribution is -2.01. The van der Waals surface area contributed by atoms with Gasteiger partial charge in [0.25, 0.3) is 0 Å².